The van der Waals surface area contributed by atoms with Gasteiger partial charge < -0.3 is 9.47 Å². The first-order valence-electron chi connectivity index (χ1n) is 5.58. The molecule has 0 amide bonds. The van der Waals surface area contributed by atoms with Gasteiger partial charge in [-0.2, -0.15) is 5.26 Å². The van der Waals surface area contributed by atoms with Gasteiger partial charge in [-0.15, -0.1) is 0 Å². The van der Waals surface area contributed by atoms with Crippen LogP contribution in [0, 0.1) is 18.3 Å². The molecule has 4 heteroatoms. The van der Waals surface area contributed by atoms with E-state index in [1.54, 1.807) is 14.2 Å². The summed E-state index contributed by atoms with van der Waals surface area (Å²) in [7, 11) is 3.23. The maximum absolute atomic E-state index is 8.74. The summed E-state index contributed by atoms with van der Waals surface area (Å²) in [6, 6.07) is 7.71. The average Bonchev–Trinajstić information content (AvgIpc) is 2.37. The lowest BCUT2D eigenvalue weighted by atomic mass is 10.1. The summed E-state index contributed by atoms with van der Waals surface area (Å²) in [5, 5.41) is 9.70. The molecule has 0 aliphatic carbocycles. The number of fused-ring (bicyclic) bond motifs is 1. The highest BCUT2D eigenvalue weighted by molar-refractivity contribution is 5.89. The van der Waals surface area contributed by atoms with Crippen molar-refractivity contribution < 1.29 is 9.47 Å². The fourth-order valence-electron chi connectivity index (χ4n) is 2.02. The summed E-state index contributed by atoms with van der Waals surface area (Å²) < 4.78 is 10.6. The molecule has 0 atom stereocenters. The zero-order chi connectivity index (χ0) is 13.1. The van der Waals surface area contributed by atoms with Crippen molar-refractivity contribution in [3.8, 4) is 17.6 Å². The number of aromatic nitrogens is 1. The number of aryl methyl sites for hydroxylation is 1. The molecule has 0 fully saturated rings. The molecule has 0 unspecified atom stereocenters. The molecule has 1 aromatic carbocycles. The lowest BCUT2D eigenvalue weighted by molar-refractivity contribution is 0.397. The zero-order valence-electron chi connectivity index (χ0n) is 10.7. The second kappa shape index (κ2) is 4.92. The van der Waals surface area contributed by atoms with E-state index in [-0.39, 0.29) is 0 Å². The number of nitrogens with zero attached hydrogens (tertiary/aromatic N) is 2. The molecular formula is C14H14N2O2. The van der Waals surface area contributed by atoms with Crippen LogP contribution in [-0.2, 0) is 6.42 Å². The minimum atomic E-state index is 0.302. The molecule has 0 bridgehead atoms. The van der Waals surface area contributed by atoms with Gasteiger partial charge in [-0.3, -0.25) is 4.98 Å². The molecule has 92 valence electrons. The third-order valence-electron chi connectivity index (χ3n) is 2.81. The average molecular weight is 242 g/mol. The smallest absolute Gasteiger partial charge is 0.132 e. The van der Waals surface area contributed by atoms with Gasteiger partial charge in [0, 0.05) is 17.5 Å². The Morgan fingerprint density at radius 3 is 2.61 bits per heavy atom. The largest absolute Gasteiger partial charge is 0.497 e. The van der Waals surface area contributed by atoms with Crippen LogP contribution in [0.2, 0.25) is 0 Å². The quantitative estimate of drug-likeness (QED) is 0.830. The van der Waals surface area contributed by atoms with Crippen molar-refractivity contribution in [2.45, 2.75) is 13.3 Å². The van der Waals surface area contributed by atoms with Crippen molar-refractivity contribution in [3.63, 3.8) is 0 Å². The van der Waals surface area contributed by atoms with Gasteiger partial charge in [0.2, 0.25) is 0 Å². The summed E-state index contributed by atoms with van der Waals surface area (Å²) >= 11 is 0. The first-order valence-corrected chi connectivity index (χ1v) is 5.58. The van der Waals surface area contributed by atoms with Crippen LogP contribution in [0.15, 0.2) is 18.2 Å². The van der Waals surface area contributed by atoms with Crippen LogP contribution in [0.3, 0.4) is 0 Å². The lowest BCUT2D eigenvalue weighted by Crippen LogP contribution is -1.96. The fraction of sp³-hybridized carbons (Fsp3) is 0.286. The molecule has 2 aromatic rings. The molecule has 0 saturated carbocycles. The predicted octanol–water partition coefficient (Wildman–Crippen LogP) is 2.63. The van der Waals surface area contributed by atoms with E-state index in [1.165, 1.54) is 0 Å². The molecule has 0 spiro atoms. The number of methoxy groups -OCH3 is 2. The van der Waals surface area contributed by atoms with Gasteiger partial charge in [-0.1, -0.05) is 0 Å². The minimum Gasteiger partial charge on any atom is -0.497 e. The highest BCUT2D eigenvalue weighted by Gasteiger charge is 2.10. The van der Waals surface area contributed by atoms with E-state index in [1.807, 2.05) is 25.1 Å². The Balaban J connectivity index is 2.74. The van der Waals surface area contributed by atoms with Gasteiger partial charge in [0.05, 0.1) is 37.9 Å². The zero-order valence-corrected chi connectivity index (χ0v) is 10.7. The van der Waals surface area contributed by atoms with Gasteiger partial charge in [0.15, 0.2) is 0 Å². The minimum absolute atomic E-state index is 0.302. The number of benzene rings is 1. The third kappa shape index (κ3) is 2.07. The Hall–Kier alpha value is -2.28. The highest BCUT2D eigenvalue weighted by Crippen LogP contribution is 2.32. The Morgan fingerprint density at radius 2 is 2.00 bits per heavy atom. The van der Waals surface area contributed by atoms with Crippen LogP contribution < -0.4 is 9.47 Å². The summed E-state index contributed by atoms with van der Waals surface area (Å²) in [5.41, 5.74) is 2.60. The van der Waals surface area contributed by atoms with E-state index in [0.717, 1.165) is 27.9 Å². The van der Waals surface area contributed by atoms with Crippen LogP contribution in [0.5, 0.6) is 11.5 Å². The Bertz CT molecular complexity index is 630. The summed E-state index contributed by atoms with van der Waals surface area (Å²) in [6.07, 6.45) is 0.302. The molecule has 0 N–H and O–H groups in total. The highest BCUT2D eigenvalue weighted by atomic mass is 16.5. The van der Waals surface area contributed by atoms with Gasteiger partial charge in [0.1, 0.15) is 11.5 Å². The standard InChI is InChI=1S/C14H14N2O2/c1-9-6-10(4-5-15)16-12-7-11(17-2)8-13(18-3)14(9)12/h6-8H,4H2,1-3H3. The molecule has 18 heavy (non-hydrogen) atoms. The van der Waals surface area contributed by atoms with E-state index < -0.39 is 0 Å². The first-order chi connectivity index (χ1) is 8.69. The summed E-state index contributed by atoms with van der Waals surface area (Å²) in [6.45, 7) is 1.99. The molecule has 1 aromatic heterocycles. The number of pyridine rings is 1. The Morgan fingerprint density at radius 1 is 1.22 bits per heavy atom. The molecule has 0 aliphatic rings. The monoisotopic (exact) mass is 242 g/mol. The molecule has 0 aliphatic heterocycles. The van der Waals surface area contributed by atoms with Crippen molar-refractivity contribution in [1.29, 1.82) is 5.26 Å². The number of hydrogen-bond donors (Lipinski definition) is 0. The van der Waals surface area contributed by atoms with Gasteiger partial charge in [0.25, 0.3) is 0 Å². The fourth-order valence-corrected chi connectivity index (χ4v) is 2.02. The summed E-state index contributed by atoms with van der Waals surface area (Å²) in [4.78, 5) is 4.46. The van der Waals surface area contributed by atoms with E-state index >= 15 is 0 Å². The van der Waals surface area contributed by atoms with Gasteiger partial charge in [-0.05, 0) is 18.6 Å². The number of nitriles is 1. The van der Waals surface area contributed by atoms with Crippen LogP contribution in [0.1, 0.15) is 11.3 Å². The van der Waals surface area contributed by atoms with Crippen molar-refractivity contribution >= 4 is 10.9 Å². The predicted molar refractivity (Wildman–Crippen MR) is 68.9 cm³/mol. The van der Waals surface area contributed by atoms with Crippen LogP contribution in [0.4, 0.5) is 0 Å². The molecule has 1 heterocycles. The Labute approximate surface area is 106 Å². The van der Waals surface area contributed by atoms with E-state index in [0.29, 0.717) is 12.2 Å². The van der Waals surface area contributed by atoms with Crippen molar-refractivity contribution in [3.05, 3.63) is 29.5 Å². The Kier molecular flexibility index (Phi) is 3.33. The molecule has 0 saturated heterocycles. The van der Waals surface area contributed by atoms with Gasteiger partial charge in [-0.25, -0.2) is 0 Å². The van der Waals surface area contributed by atoms with E-state index in [4.69, 9.17) is 14.7 Å². The molecule has 2 rings (SSSR count). The SMILES string of the molecule is COc1cc(OC)c2c(C)cc(CC#N)nc2c1. The van der Waals surface area contributed by atoms with E-state index in [9.17, 15) is 0 Å². The molecular weight excluding hydrogens is 228 g/mol. The second-order valence-electron chi connectivity index (χ2n) is 3.99. The van der Waals surface area contributed by atoms with Gasteiger partial charge >= 0.3 is 0 Å². The maximum atomic E-state index is 8.74. The van der Waals surface area contributed by atoms with E-state index in [2.05, 4.69) is 11.1 Å². The van der Waals surface area contributed by atoms with Crippen molar-refractivity contribution in [2.75, 3.05) is 14.2 Å². The van der Waals surface area contributed by atoms with Crippen LogP contribution >= 0.6 is 0 Å². The van der Waals surface area contributed by atoms with Crippen LogP contribution in [-0.4, -0.2) is 19.2 Å². The third-order valence-corrected chi connectivity index (χ3v) is 2.81. The summed E-state index contributed by atoms with van der Waals surface area (Å²) in [5.74, 6) is 1.43. The normalized spacial score (nSPS) is 10.1. The van der Waals surface area contributed by atoms with Crippen molar-refractivity contribution in [1.82, 2.24) is 4.98 Å². The van der Waals surface area contributed by atoms with Crippen LogP contribution in [0.25, 0.3) is 10.9 Å². The van der Waals surface area contributed by atoms with Crippen molar-refractivity contribution in [2.24, 2.45) is 0 Å². The first kappa shape index (κ1) is 12.2. The molecule has 0 radical (unpaired) electrons. The number of rotatable bonds is 3. The lowest BCUT2D eigenvalue weighted by Gasteiger charge is -2.11. The topological polar surface area (TPSA) is 55.1 Å². The number of hydrogen-bond acceptors (Lipinski definition) is 4. The number of ether oxygens (including phenoxy) is 2. The maximum Gasteiger partial charge on any atom is 0.132 e. The second-order valence-corrected chi connectivity index (χ2v) is 3.99. The molecule has 4 nitrogen and oxygen atoms in total.